The van der Waals surface area contributed by atoms with E-state index in [4.69, 9.17) is 5.11 Å². The summed E-state index contributed by atoms with van der Waals surface area (Å²) in [6.07, 6.45) is 1.10. The molecule has 0 saturated heterocycles. The molecule has 2 rings (SSSR count). The zero-order valence-electron chi connectivity index (χ0n) is 8.16. The van der Waals surface area contributed by atoms with Gasteiger partial charge in [-0.3, -0.25) is 4.79 Å². The number of aliphatic carboxylic acids is 1. The van der Waals surface area contributed by atoms with Gasteiger partial charge >= 0.3 is 5.97 Å². The van der Waals surface area contributed by atoms with E-state index in [1.54, 1.807) is 0 Å². The highest BCUT2D eigenvalue weighted by molar-refractivity contribution is 9.10. The lowest BCUT2D eigenvalue weighted by atomic mass is 9.88. The van der Waals surface area contributed by atoms with Crippen molar-refractivity contribution in [2.45, 2.75) is 18.8 Å². The third kappa shape index (κ3) is 2.15. The van der Waals surface area contributed by atoms with Gasteiger partial charge in [-0.15, -0.1) is 0 Å². The van der Waals surface area contributed by atoms with Crippen LogP contribution >= 0.6 is 15.9 Å². The standard InChI is InChI=1S/C11H12BrNO2/c12-9-3-1-2-8-7(6-10(14)15)4-5-13-11(8)9/h1-3,7,13H,4-6H2,(H,14,15). The third-order valence-electron chi connectivity index (χ3n) is 2.70. The number of nitrogens with one attached hydrogen (secondary N) is 1. The van der Waals surface area contributed by atoms with Crippen LogP contribution in [0.25, 0.3) is 0 Å². The molecule has 1 aromatic carbocycles. The number of hydrogen-bond acceptors (Lipinski definition) is 2. The first-order valence-electron chi connectivity index (χ1n) is 4.92. The molecule has 0 amide bonds. The zero-order valence-corrected chi connectivity index (χ0v) is 9.75. The Morgan fingerprint density at radius 1 is 1.60 bits per heavy atom. The molecule has 0 spiro atoms. The highest BCUT2D eigenvalue weighted by atomic mass is 79.9. The Balaban J connectivity index is 2.34. The van der Waals surface area contributed by atoms with Crippen LogP contribution in [0.1, 0.15) is 24.3 Å². The minimum absolute atomic E-state index is 0.135. The number of carboxylic acid groups (broad SMARTS) is 1. The second-order valence-corrected chi connectivity index (χ2v) is 4.57. The summed E-state index contributed by atoms with van der Waals surface area (Å²) in [7, 11) is 0. The molecule has 0 aromatic heterocycles. The van der Waals surface area contributed by atoms with Crippen molar-refractivity contribution in [2.24, 2.45) is 0 Å². The van der Waals surface area contributed by atoms with E-state index in [-0.39, 0.29) is 12.3 Å². The van der Waals surface area contributed by atoms with Crippen LogP contribution in [0.4, 0.5) is 5.69 Å². The van der Waals surface area contributed by atoms with Gasteiger partial charge < -0.3 is 10.4 Å². The van der Waals surface area contributed by atoms with E-state index in [1.165, 1.54) is 0 Å². The zero-order chi connectivity index (χ0) is 10.8. The van der Waals surface area contributed by atoms with Crippen molar-refractivity contribution < 1.29 is 9.90 Å². The van der Waals surface area contributed by atoms with Gasteiger partial charge in [0.15, 0.2) is 0 Å². The van der Waals surface area contributed by atoms with Crippen molar-refractivity contribution in [2.75, 3.05) is 11.9 Å². The summed E-state index contributed by atoms with van der Waals surface area (Å²) in [6, 6.07) is 5.92. The molecular weight excluding hydrogens is 258 g/mol. The molecule has 0 fully saturated rings. The fraction of sp³-hybridized carbons (Fsp3) is 0.364. The molecule has 80 valence electrons. The van der Waals surface area contributed by atoms with E-state index in [0.717, 1.165) is 28.7 Å². The van der Waals surface area contributed by atoms with Gasteiger partial charge in [0, 0.05) is 11.0 Å². The van der Waals surface area contributed by atoms with Gasteiger partial charge in [0.25, 0.3) is 0 Å². The molecule has 1 heterocycles. The van der Waals surface area contributed by atoms with E-state index in [2.05, 4.69) is 21.2 Å². The van der Waals surface area contributed by atoms with Crippen molar-refractivity contribution in [3.05, 3.63) is 28.2 Å². The number of para-hydroxylation sites is 1. The van der Waals surface area contributed by atoms with Crippen molar-refractivity contribution in [3.8, 4) is 0 Å². The van der Waals surface area contributed by atoms with E-state index in [1.807, 2.05) is 18.2 Å². The number of hydrogen-bond donors (Lipinski definition) is 2. The SMILES string of the molecule is O=C(O)CC1CCNc2c(Br)cccc21. The largest absolute Gasteiger partial charge is 0.481 e. The second kappa shape index (κ2) is 4.23. The molecular formula is C11H12BrNO2. The lowest BCUT2D eigenvalue weighted by molar-refractivity contribution is -0.137. The summed E-state index contributed by atoms with van der Waals surface area (Å²) in [4.78, 5) is 10.7. The lowest BCUT2D eigenvalue weighted by Gasteiger charge is -2.26. The van der Waals surface area contributed by atoms with Gasteiger partial charge in [-0.1, -0.05) is 12.1 Å². The second-order valence-electron chi connectivity index (χ2n) is 3.71. The summed E-state index contributed by atoms with van der Waals surface area (Å²) in [5.74, 6) is -0.593. The number of benzene rings is 1. The van der Waals surface area contributed by atoms with Crippen LogP contribution in [-0.2, 0) is 4.79 Å². The maximum Gasteiger partial charge on any atom is 0.303 e. The average molecular weight is 270 g/mol. The summed E-state index contributed by atoms with van der Waals surface area (Å²) < 4.78 is 1.01. The summed E-state index contributed by atoms with van der Waals surface area (Å²) in [5.41, 5.74) is 2.16. The Morgan fingerprint density at radius 2 is 2.40 bits per heavy atom. The molecule has 0 saturated carbocycles. The molecule has 15 heavy (non-hydrogen) atoms. The maximum atomic E-state index is 10.7. The Hall–Kier alpha value is -1.03. The predicted molar refractivity (Wildman–Crippen MR) is 62.2 cm³/mol. The number of halogens is 1. The van der Waals surface area contributed by atoms with Crippen LogP contribution in [0.5, 0.6) is 0 Å². The fourth-order valence-corrected chi connectivity index (χ4v) is 2.54. The van der Waals surface area contributed by atoms with Crippen molar-refractivity contribution in [1.29, 1.82) is 0 Å². The first-order valence-corrected chi connectivity index (χ1v) is 5.72. The van der Waals surface area contributed by atoms with Gasteiger partial charge in [0.05, 0.1) is 12.1 Å². The molecule has 4 heteroatoms. The molecule has 0 aliphatic carbocycles. The molecule has 3 nitrogen and oxygen atoms in total. The van der Waals surface area contributed by atoms with Crippen LogP contribution in [0, 0.1) is 0 Å². The molecule has 1 aromatic rings. The monoisotopic (exact) mass is 269 g/mol. The van der Waals surface area contributed by atoms with E-state index in [9.17, 15) is 4.79 Å². The molecule has 1 unspecified atom stereocenters. The number of carboxylic acids is 1. The number of rotatable bonds is 2. The Labute approximate surface area is 96.6 Å². The average Bonchev–Trinajstić information content (AvgIpc) is 2.19. The third-order valence-corrected chi connectivity index (χ3v) is 3.36. The molecule has 2 N–H and O–H groups in total. The summed E-state index contributed by atoms with van der Waals surface area (Å²) in [6.45, 7) is 0.841. The highest BCUT2D eigenvalue weighted by Gasteiger charge is 2.23. The first-order chi connectivity index (χ1) is 7.18. The molecule has 0 bridgehead atoms. The summed E-state index contributed by atoms with van der Waals surface area (Å²) >= 11 is 3.47. The van der Waals surface area contributed by atoms with Gasteiger partial charge in [-0.05, 0) is 39.9 Å². The Kier molecular flexibility index (Phi) is 2.95. The highest BCUT2D eigenvalue weighted by Crippen LogP contribution is 2.38. The quantitative estimate of drug-likeness (QED) is 0.868. The smallest absolute Gasteiger partial charge is 0.303 e. The Bertz CT molecular complexity index is 392. The van der Waals surface area contributed by atoms with Crippen LogP contribution in [-0.4, -0.2) is 17.6 Å². The fourth-order valence-electron chi connectivity index (χ4n) is 2.02. The van der Waals surface area contributed by atoms with E-state index >= 15 is 0 Å². The van der Waals surface area contributed by atoms with E-state index in [0.29, 0.717) is 0 Å². The van der Waals surface area contributed by atoms with Crippen LogP contribution < -0.4 is 5.32 Å². The van der Waals surface area contributed by atoms with Gasteiger partial charge in [-0.25, -0.2) is 0 Å². The van der Waals surface area contributed by atoms with Crippen LogP contribution in [0.3, 0.4) is 0 Å². The normalized spacial score (nSPS) is 19.1. The van der Waals surface area contributed by atoms with Crippen molar-refractivity contribution in [1.82, 2.24) is 0 Å². The maximum absolute atomic E-state index is 10.7. The molecule has 1 atom stereocenters. The van der Waals surface area contributed by atoms with Crippen molar-refractivity contribution >= 4 is 27.6 Å². The van der Waals surface area contributed by atoms with Crippen molar-refractivity contribution in [3.63, 3.8) is 0 Å². The number of fused-ring (bicyclic) bond motifs is 1. The molecule has 0 radical (unpaired) electrons. The number of anilines is 1. The number of carbonyl (C=O) groups is 1. The molecule has 1 aliphatic rings. The predicted octanol–water partition coefficient (Wildman–Crippen LogP) is 2.82. The minimum Gasteiger partial charge on any atom is -0.481 e. The van der Waals surface area contributed by atoms with Gasteiger partial charge in [-0.2, -0.15) is 0 Å². The van der Waals surface area contributed by atoms with Crippen LogP contribution in [0.15, 0.2) is 22.7 Å². The van der Waals surface area contributed by atoms with Crippen LogP contribution in [0.2, 0.25) is 0 Å². The van der Waals surface area contributed by atoms with Gasteiger partial charge in [0.2, 0.25) is 0 Å². The van der Waals surface area contributed by atoms with Gasteiger partial charge in [0.1, 0.15) is 0 Å². The molecule has 1 aliphatic heterocycles. The summed E-state index contributed by atoms with van der Waals surface area (Å²) in [5, 5.41) is 12.1. The topological polar surface area (TPSA) is 49.3 Å². The Morgan fingerprint density at radius 3 is 3.13 bits per heavy atom. The minimum atomic E-state index is -0.729. The lowest BCUT2D eigenvalue weighted by Crippen LogP contribution is -2.19. The van der Waals surface area contributed by atoms with E-state index < -0.39 is 5.97 Å². The first kappa shape index (κ1) is 10.5.